The smallest absolute Gasteiger partial charge is 0.338 e. The van der Waals surface area contributed by atoms with E-state index in [4.69, 9.17) is 4.74 Å². The summed E-state index contributed by atoms with van der Waals surface area (Å²) in [5.41, 5.74) is 4.34. The Bertz CT molecular complexity index is 1140. The van der Waals surface area contributed by atoms with Gasteiger partial charge in [-0.15, -0.1) is 11.3 Å². The van der Waals surface area contributed by atoms with E-state index in [1.807, 2.05) is 47.8 Å². The fourth-order valence-corrected chi connectivity index (χ4v) is 3.52. The van der Waals surface area contributed by atoms with E-state index in [1.54, 1.807) is 0 Å². The number of benzene rings is 2. The lowest BCUT2D eigenvalue weighted by molar-refractivity contribution is -0.119. The van der Waals surface area contributed by atoms with Crippen LogP contribution in [0, 0.1) is 0 Å². The third kappa shape index (κ3) is 4.76. The SMILES string of the molecule is O=C(COC(=O)c1ccncc1)Nc1nc(-c2ccc(-c3ccccc3)cc2)cs1. The van der Waals surface area contributed by atoms with Crippen molar-refractivity contribution in [2.45, 2.75) is 0 Å². The normalized spacial score (nSPS) is 10.4. The van der Waals surface area contributed by atoms with Crippen LogP contribution < -0.4 is 5.32 Å². The summed E-state index contributed by atoms with van der Waals surface area (Å²) in [7, 11) is 0. The Labute approximate surface area is 177 Å². The predicted molar refractivity (Wildman–Crippen MR) is 116 cm³/mol. The number of nitrogens with one attached hydrogen (secondary N) is 1. The molecule has 148 valence electrons. The molecule has 30 heavy (non-hydrogen) atoms. The van der Waals surface area contributed by atoms with Crippen LogP contribution in [0.25, 0.3) is 22.4 Å². The first kappa shape index (κ1) is 19.5. The molecule has 4 aromatic rings. The van der Waals surface area contributed by atoms with E-state index in [1.165, 1.54) is 35.9 Å². The second kappa shape index (κ2) is 9.11. The molecule has 6 nitrogen and oxygen atoms in total. The lowest BCUT2D eigenvalue weighted by Gasteiger charge is -2.04. The van der Waals surface area contributed by atoms with Crippen molar-refractivity contribution in [2.24, 2.45) is 0 Å². The summed E-state index contributed by atoms with van der Waals surface area (Å²) in [5.74, 6) is -1.02. The lowest BCUT2D eigenvalue weighted by Crippen LogP contribution is -2.20. The highest BCUT2D eigenvalue weighted by molar-refractivity contribution is 7.14. The van der Waals surface area contributed by atoms with Gasteiger partial charge in [-0.05, 0) is 23.3 Å². The van der Waals surface area contributed by atoms with Crippen molar-refractivity contribution in [1.82, 2.24) is 9.97 Å². The van der Waals surface area contributed by atoms with E-state index < -0.39 is 11.9 Å². The molecule has 2 aromatic heterocycles. The second-order valence-corrected chi connectivity index (χ2v) is 7.20. The van der Waals surface area contributed by atoms with Gasteiger partial charge in [-0.25, -0.2) is 9.78 Å². The molecule has 0 bridgehead atoms. The highest BCUT2D eigenvalue weighted by Gasteiger charge is 2.12. The third-order valence-corrected chi connectivity index (χ3v) is 5.05. The van der Waals surface area contributed by atoms with Crippen LogP contribution in [0.5, 0.6) is 0 Å². The topological polar surface area (TPSA) is 81.2 Å². The summed E-state index contributed by atoms with van der Waals surface area (Å²) in [5, 5.41) is 4.97. The van der Waals surface area contributed by atoms with Crippen LogP contribution in [0.1, 0.15) is 10.4 Å². The fraction of sp³-hybridized carbons (Fsp3) is 0.0435. The van der Waals surface area contributed by atoms with Gasteiger partial charge in [0.25, 0.3) is 5.91 Å². The molecule has 0 radical (unpaired) electrons. The monoisotopic (exact) mass is 415 g/mol. The largest absolute Gasteiger partial charge is 0.452 e. The number of thiazole rings is 1. The standard InChI is InChI=1S/C23H17N3O3S/c27-21(14-29-22(28)19-10-12-24-13-11-19)26-23-25-20(15-30-23)18-8-6-17(7-9-18)16-4-2-1-3-5-16/h1-13,15H,14H2,(H,25,26,27). The van der Waals surface area contributed by atoms with E-state index >= 15 is 0 Å². The molecule has 0 spiro atoms. The molecule has 0 aliphatic heterocycles. The van der Waals surface area contributed by atoms with Gasteiger partial charge in [0, 0.05) is 23.3 Å². The number of anilines is 1. The molecule has 4 rings (SSSR count). The first-order valence-electron chi connectivity index (χ1n) is 9.17. The summed E-state index contributed by atoms with van der Waals surface area (Å²) < 4.78 is 5.01. The van der Waals surface area contributed by atoms with Crippen molar-refractivity contribution in [3.63, 3.8) is 0 Å². The summed E-state index contributed by atoms with van der Waals surface area (Å²) in [4.78, 5) is 32.2. The molecule has 0 unspecified atom stereocenters. The van der Waals surface area contributed by atoms with E-state index in [0.717, 1.165) is 22.4 Å². The minimum absolute atomic E-state index is 0.341. The highest BCUT2D eigenvalue weighted by Crippen LogP contribution is 2.27. The van der Waals surface area contributed by atoms with E-state index in [2.05, 4.69) is 27.4 Å². The Kier molecular flexibility index (Phi) is 5.91. The number of carbonyl (C=O) groups is 2. The first-order valence-corrected chi connectivity index (χ1v) is 10.1. The van der Waals surface area contributed by atoms with Gasteiger partial charge in [-0.1, -0.05) is 54.6 Å². The van der Waals surface area contributed by atoms with Crippen molar-refractivity contribution in [3.8, 4) is 22.4 Å². The molecule has 0 saturated heterocycles. The fourth-order valence-electron chi connectivity index (χ4n) is 2.79. The first-order chi connectivity index (χ1) is 14.7. The average molecular weight is 415 g/mol. The summed E-state index contributed by atoms with van der Waals surface area (Å²) >= 11 is 1.31. The zero-order chi connectivity index (χ0) is 20.8. The number of rotatable bonds is 6. The number of carbonyl (C=O) groups excluding carboxylic acids is 2. The maximum Gasteiger partial charge on any atom is 0.338 e. The molecular formula is C23H17N3O3S. The maximum absolute atomic E-state index is 12.1. The van der Waals surface area contributed by atoms with Gasteiger partial charge in [0.15, 0.2) is 11.7 Å². The number of nitrogens with zero attached hydrogens (tertiary/aromatic N) is 2. The molecule has 2 heterocycles. The zero-order valence-corrected chi connectivity index (χ0v) is 16.6. The minimum atomic E-state index is -0.578. The van der Waals surface area contributed by atoms with Crippen LogP contribution in [-0.4, -0.2) is 28.5 Å². The third-order valence-electron chi connectivity index (χ3n) is 4.29. The molecule has 7 heteroatoms. The predicted octanol–water partition coefficient (Wildman–Crippen LogP) is 4.67. The maximum atomic E-state index is 12.1. The summed E-state index contributed by atoms with van der Waals surface area (Å²) in [6.45, 7) is -0.387. The molecular weight excluding hydrogens is 398 g/mol. The van der Waals surface area contributed by atoms with Crippen molar-refractivity contribution in [3.05, 3.63) is 90.1 Å². The Morgan fingerprint density at radius 1 is 0.867 bits per heavy atom. The van der Waals surface area contributed by atoms with Gasteiger partial charge in [0.1, 0.15) is 0 Å². The number of hydrogen-bond acceptors (Lipinski definition) is 6. The quantitative estimate of drug-likeness (QED) is 0.463. The molecule has 0 aliphatic carbocycles. The van der Waals surface area contributed by atoms with Crippen molar-refractivity contribution >= 4 is 28.3 Å². The number of aromatic nitrogens is 2. The van der Waals surface area contributed by atoms with E-state index in [0.29, 0.717) is 10.7 Å². The van der Waals surface area contributed by atoms with Crippen LogP contribution >= 0.6 is 11.3 Å². The molecule has 0 fully saturated rings. The zero-order valence-electron chi connectivity index (χ0n) is 15.8. The molecule has 1 N–H and O–H groups in total. The molecule has 2 aromatic carbocycles. The molecule has 0 saturated carbocycles. The van der Waals surface area contributed by atoms with Crippen LogP contribution in [0.15, 0.2) is 84.5 Å². The molecule has 1 amide bonds. The van der Waals surface area contributed by atoms with Crippen LogP contribution in [0.3, 0.4) is 0 Å². The van der Waals surface area contributed by atoms with Crippen molar-refractivity contribution in [1.29, 1.82) is 0 Å². The minimum Gasteiger partial charge on any atom is -0.452 e. The number of ether oxygens (including phenoxy) is 1. The average Bonchev–Trinajstić information content (AvgIpc) is 3.27. The van der Waals surface area contributed by atoms with Gasteiger partial charge in [-0.3, -0.25) is 15.1 Å². The van der Waals surface area contributed by atoms with Crippen LogP contribution in [0.2, 0.25) is 0 Å². The van der Waals surface area contributed by atoms with Crippen molar-refractivity contribution in [2.75, 3.05) is 11.9 Å². The van der Waals surface area contributed by atoms with Gasteiger partial charge in [0.05, 0.1) is 11.3 Å². The summed E-state index contributed by atoms with van der Waals surface area (Å²) in [6, 6.07) is 21.3. The highest BCUT2D eigenvalue weighted by atomic mass is 32.1. The number of pyridine rings is 1. The van der Waals surface area contributed by atoms with Crippen molar-refractivity contribution < 1.29 is 14.3 Å². The summed E-state index contributed by atoms with van der Waals surface area (Å²) in [6.07, 6.45) is 2.97. The number of hydrogen-bond donors (Lipinski definition) is 1. The second-order valence-electron chi connectivity index (χ2n) is 6.34. The van der Waals surface area contributed by atoms with E-state index in [9.17, 15) is 9.59 Å². The Morgan fingerprint density at radius 3 is 2.27 bits per heavy atom. The van der Waals surface area contributed by atoms with Gasteiger partial charge < -0.3 is 4.74 Å². The molecule has 0 atom stereocenters. The number of esters is 1. The van der Waals surface area contributed by atoms with Gasteiger partial charge in [-0.2, -0.15) is 0 Å². The molecule has 0 aliphatic rings. The van der Waals surface area contributed by atoms with E-state index in [-0.39, 0.29) is 6.61 Å². The Morgan fingerprint density at radius 2 is 1.53 bits per heavy atom. The van der Waals surface area contributed by atoms with Gasteiger partial charge >= 0.3 is 5.97 Å². The van der Waals surface area contributed by atoms with Gasteiger partial charge in [0.2, 0.25) is 0 Å². The number of amides is 1. The van der Waals surface area contributed by atoms with Crippen LogP contribution in [-0.2, 0) is 9.53 Å². The van der Waals surface area contributed by atoms with Crippen LogP contribution in [0.4, 0.5) is 5.13 Å². The Balaban J connectivity index is 1.35. The lowest BCUT2D eigenvalue weighted by atomic mass is 10.0. The Hall–Kier alpha value is -3.84.